The predicted octanol–water partition coefficient (Wildman–Crippen LogP) is 1.93. The van der Waals surface area contributed by atoms with Crippen LogP contribution in [-0.2, 0) is 11.2 Å². The van der Waals surface area contributed by atoms with Gasteiger partial charge < -0.3 is 11.1 Å². The number of urea groups is 1. The van der Waals surface area contributed by atoms with E-state index < -0.39 is 11.9 Å². The lowest BCUT2D eigenvalue weighted by Crippen LogP contribution is -2.50. The Hall–Kier alpha value is -2.82. The summed E-state index contributed by atoms with van der Waals surface area (Å²) >= 11 is 0. The first-order chi connectivity index (χ1) is 10.6. The molecule has 0 aliphatic rings. The number of primary amides is 1. The van der Waals surface area contributed by atoms with Crippen LogP contribution in [0.5, 0.6) is 0 Å². The van der Waals surface area contributed by atoms with Gasteiger partial charge in [-0.1, -0.05) is 48.5 Å². The number of rotatable bonds is 5. The van der Waals surface area contributed by atoms with Crippen molar-refractivity contribution in [3.63, 3.8) is 0 Å². The normalized spacial score (nSPS) is 11.5. The minimum absolute atomic E-state index is 0.366. The summed E-state index contributed by atoms with van der Waals surface area (Å²) in [5.41, 5.74) is 7.08. The van der Waals surface area contributed by atoms with Crippen molar-refractivity contribution in [2.24, 2.45) is 5.73 Å². The highest BCUT2D eigenvalue weighted by molar-refractivity contribution is 5.94. The van der Waals surface area contributed by atoms with Crippen LogP contribution < -0.4 is 16.0 Å². The van der Waals surface area contributed by atoms with Crippen molar-refractivity contribution in [3.05, 3.63) is 66.2 Å². The first-order valence-corrected chi connectivity index (χ1v) is 7.00. The van der Waals surface area contributed by atoms with Crippen molar-refractivity contribution < 1.29 is 9.59 Å². The molecule has 2 aromatic carbocycles. The van der Waals surface area contributed by atoms with E-state index in [-0.39, 0.29) is 6.03 Å². The predicted molar refractivity (Wildman–Crippen MR) is 86.5 cm³/mol. The van der Waals surface area contributed by atoms with E-state index in [0.717, 1.165) is 11.3 Å². The molecule has 0 radical (unpaired) electrons. The Morgan fingerprint density at radius 2 is 1.59 bits per heavy atom. The molecule has 2 rings (SSSR count). The highest BCUT2D eigenvalue weighted by Gasteiger charge is 2.21. The van der Waals surface area contributed by atoms with Gasteiger partial charge in [-0.15, -0.1) is 0 Å². The lowest BCUT2D eigenvalue weighted by molar-refractivity contribution is -0.119. The van der Waals surface area contributed by atoms with Crippen LogP contribution in [0, 0.1) is 0 Å². The summed E-state index contributed by atoms with van der Waals surface area (Å²) in [6.45, 7) is 0. The monoisotopic (exact) mass is 297 g/mol. The zero-order chi connectivity index (χ0) is 15.9. The third-order valence-electron chi connectivity index (χ3n) is 3.37. The molecule has 0 heterocycles. The Kier molecular flexibility index (Phi) is 5.14. The molecule has 0 saturated heterocycles. The maximum Gasteiger partial charge on any atom is 0.322 e. The highest BCUT2D eigenvalue weighted by atomic mass is 16.2. The van der Waals surface area contributed by atoms with Crippen LogP contribution >= 0.6 is 0 Å². The van der Waals surface area contributed by atoms with Crippen LogP contribution in [0.15, 0.2) is 60.7 Å². The lowest BCUT2D eigenvalue weighted by Gasteiger charge is -2.22. The van der Waals surface area contributed by atoms with Gasteiger partial charge in [-0.2, -0.15) is 0 Å². The summed E-state index contributed by atoms with van der Waals surface area (Å²) < 4.78 is 0. The number of carbonyl (C=O) groups excluding carboxylic acids is 2. The van der Waals surface area contributed by atoms with Gasteiger partial charge in [0.25, 0.3) is 0 Å². The molecule has 0 fully saturated rings. The molecule has 0 aliphatic carbocycles. The zero-order valence-corrected chi connectivity index (χ0v) is 12.4. The van der Waals surface area contributed by atoms with E-state index in [9.17, 15) is 9.59 Å². The van der Waals surface area contributed by atoms with Gasteiger partial charge >= 0.3 is 6.03 Å². The van der Waals surface area contributed by atoms with Gasteiger partial charge in [-0.3, -0.25) is 9.69 Å². The summed E-state index contributed by atoms with van der Waals surface area (Å²) in [4.78, 5) is 25.3. The number of benzene rings is 2. The molecule has 3 N–H and O–H groups in total. The molecule has 1 atom stereocenters. The van der Waals surface area contributed by atoms with E-state index in [0.29, 0.717) is 6.42 Å². The Bertz CT molecular complexity index is 629. The molecule has 0 bridgehead atoms. The smallest absolute Gasteiger partial charge is 0.322 e. The van der Waals surface area contributed by atoms with Crippen molar-refractivity contribution in [1.82, 2.24) is 5.32 Å². The van der Waals surface area contributed by atoms with E-state index in [4.69, 9.17) is 5.73 Å². The van der Waals surface area contributed by atoms with Crippen LogP contribution in [0.1, 0.15) is 5.56 Å². The number of carbonyl (C=O) groups is 2. The first-order valence-electron chi connectivity index (χ1n) is 7.00. The van der Waals surface area contributed by atoms with Crippen molar-refractivity contribution in [2.45, 2.75) is 12.5 Å². The van der Waals surface area contributed by atoms with Gasteiger partial charge in [0.2, 0.25) is 5.91 Å². The fraction of sp³-hybridized carbons (Fsp3) is 0.176. The van der Waals surface area contributed by atoms with Gasteiger partial charge in [0.05, 0.1) is 0 Å². The Morgan fingerprint density at radius 1 is 1.05 bits per heavy atom. The summed E-state index contributed by atoms with van der Waals surface area (Å²) in [7, 11) is 1.64. The molecule has 5 nitrogen and oxygen atoms in total. The second-order valence-electron chi connectivity index (χ2n) is 4.99. The summed E-state index contributed by atoms with van der Waals surface area (Å²) in [5.74, 6) is -0.557. The number of amides is 3. The zero-order valence-electron chi connectivity index (χ0n) is 12.4. The van der Waals surface area contributed by atoms with Gasteiger partial charge in [0.1, 0.15) is 6.04 Å². The van der Waals surface area contributed by atoms with Gasteiger partial charge in [-0.05, 0) is 17.7 Å². The Balaban J connectivity index is 2.04. The maximum absolute atomic E-state index is 12.3. The van der Waals surface area contributed by atoms with Crippen LogP contribution in [0.4, 0.5) is 10.5 Å². The standard InChI is InChI=1S/C17H19N3O2/c1-20(14-10-6-3-7-11-14)17(22)19-15(16(18)21)12-13-8-4-2-5-9-13/h2-11,15H,12H2,1H3,(H2,18,21)(H,19,22)/t15-/m0/s1. The average Bonchev–Trinajstić information content (AvgIpc) is 2.55. The second kappa shape index (κ2) is 7.26. The van der Waals surface area contributed by atoms with E-state index in [1.54, 1.807) is 7.05 Å². The number of nitrogens with zero attached hydrogens (tertiary/aromatic N) is 1. The molecule has 5 heteroatoms. The molecule has 2 aromatic rings. The van der Waals surface area contributed by atoms with Gasteiger partial charge in [0.15, 0.2) is 0 Å². The van der Waals surface area contributed by atoms with Crippen LogP contribution in [0.25, 0.3) is 0 Å². The van der Waals surface area contributed by atoms with E-state index in [1.165, 1.54) is 4.90 Å². The van der Waals surface area contributed by atoms with Crippen LogP contribution in [0.2, 0.25) is 0 Å². The molecule has 0 aliphatic heterocycles. The first kappa shape index (κ1) is 15.6. The molecule has 0 aromatic heterocycles. The van der Waals surface area contributed by atoms with Gasteiger partial charge in [-0.25, -0.2) is 4.79 Å². The fourth-order valence-electron chi connectivity index (χ4n) is 2.09. The minimum atomic E-state index is -0.749. The van der Waals surface area contributed by atoms with Gasteiger partial charge in [0, 0.05) is 19.2 Å². The largest absolute Gasteiger partial charge is 0.368 e. The molecule has 3 amide bonds. The van der Waals surface area contributed by atoms with Crippen molar-refractivity contribution >= 4 is 17.6 Å². The number of para-hydroxylation sites is 1. The van der Waals surface area contributed by atoms with E-state index in [2.05, 4.69) is 5.32 Å². The number of hydrogen-bond acceptors (Lipinski definition) is 2. The quantitative estimate of drug-likeness (QED) is 0.885. The fourth-order valence-corrected chi connectivity index (χ4v) is 2.09. The second-order valence-corrected chi connectivity index (χ2v) is 4.99. The molecule has 0 unspecified atom stereocenters. The average molecular weight is 297 g/mol. The molecular weight excluding hydrogens is 278 g/mol. The molecule has 22 heavy (non-hydrogen) atoms. The number of nitrogens with one attached hydrogen (secondary N) is 1. The number of anilines is 1. The third-order valence-corrected chi connectivity index (χ3v) is 3.37. The third kappa shape index (κ3) is 4.09. The van der Waals surface area contributed by atoms with Crippen molar-refractivity contribution in [2.75, 3.05) is 11.9 Å². The molecular formula is C17H19N3O2. The molecule has 114 valence electrons. The SMILES string of the molecule is CN(C(=O)N[C@@H](Cc1ccccc1)C(N)=O)c1ccccc1. The molecule has 0 saturated carbocycles. The van der Waals surface area contributed by atoms with Crippen molar-refractivity contribution in [1.29, 1.82) is 0 Å². The lowest BCUT2D eigenvalue weighted by atomic mass is 10.1. The van der Waals surface area contributed by atoms with Crippen LogP contribution in [0.3, 0.4) is 0 Å². The summed E-state index contributed by atoms with van der Waals surface area (Å²) in [6.07, 6.45) is 0.366. The molecule has 0 spiro atoms. The van der Waals surface area contributed by atoms with E-state index in [1.807, 2.05) is 60.7 Å². The van der Waals surface area contributed by atoms with Crippen molar-refractivity contribution in [3.8, 4) is 0 Å². The summed E-state index contributed by atoms with van der Waals surface area (Å²) in [6, 6.07) is 17.5. The highest BCUT2D eigenvalue weighted by Crippen LogP contribution is 2.11. The van der Waals surface area contributed by atoms with E-state index >= 15 is 0 Å². The topological polar surface area (TPSA) is 75.4 Å². The Morgan fingerprint density at radius 3 is 2.14 bits per heavy atom. The number of hydrogen-bond donors (Lipinski definition) is 2. The maximum atomic E-state index is 12.3. The Labute approximate surface area is 129 Å². The van der Waals surface area contributed by atoms with Crippen LogP contribution in [-0.4, -0.2) is 25.0 Å². The number of nitrogens with two attached hydrogens (primary N) is 1. The minimum Gasteiger partial charge on any atom is -0.368 e. The summed E-state index contributed by atoms with van der Waals surface area (Å²) in [5, 5.41) is 2.68.